The topological polar surface area (TPSA) is 27.1 Å². The second-order valence-electron chi connectivity index (χ2n) is 4.89. The molecule has 1 aromatic carbocycles. The van der Waals surface area contributed by atoms with Crippen LogP contribution in [0.15, 0.2) is 16.7 Å². The highest BCUT2D eigenvalue weighted by molar-refractivity contribution is 9.10. The van der Waals surface area contributed by atoms with Crippen molar-refractivity contribution in [2.24, 2.45) is 0 Å². The predicted octanol–water partition coefficient (Wildman–Crippen LogP) is 5.17. The van der Waals surface area contributed by atoms with Crippen LogP contribution >= 0.6 is 27.5 Å². The first-order valence-corrected chi connectivity index (χ1v) is 7.60. The van der Waals surface area contributed by atoms with Crippen molar-refractivity contribution in [3.05, 3.63) is 27.3 Å². The van der Waals surface area contributed by atoms with Crippen molar-refractivity contribution in [3.8, 4) is 0 Å². The zero-order valence-corrected chi connectivity index (χ0v) is 13.1. The quantitative estimate of drug-likeness (QED) is 0.679. The standard InChI is InChI=1S/C13H11BrClF3N2O/c14-11-7-6-19-20(10-3-1-2-4-21-10)9(7)5-8(12(11)15)13(16,17)18/h5-6,10H,1-4H2. The number of hydrogen-bond donors (Lipinski definition) is 0. The summed E-state index contributed by atoms with van der Waals surface area (Å²) >= 11 is 8.95. The van der Waals surface area contributed by atoms with Gasteiger partial charge in [0.2, 0.25) is 0 Å². The van der Waals surface area contributed by atoms with E-state index < -0.39 is 11.7 Å². The summed E-state index contributed by atoms with van der Waals surface area (Å²) in [5.74, 6) is 0. The number of ether oxygens (including phenoxy) is 1. The van der Waals surface area contributed by atoms with Crippen LogP contribution < -0.4 is 0 Å². The molecular weight excluding hydrogens is 373 g/mol. The maximum atomic E-state index is 13.1. The van der Waals surface area contributed by atoms with Crippen LogP contribution in [0.2, 0.25) is 5.02 Å². The first kappa shape index (κ1) is 15.1. The first-order chi connectivity index (χ1) is 9.89. The maximum absolute atomic E-state index is 13.1. The molecule has 1 unspecified atom stereocenters. The van der Waals surface area contributed by atoms with Crippen LogP contribution in [0, 0.1) is 0 Å². The van der Waals surface area contributed by atoms with Gasteiger partial charge < -0.3 is 4.74 Å². The monoisotopic (exact) mass is 382 g/mol. The molecule has 0 bridgehead atoms. The van der Waals surface area contributed by atoms with E-state index >= 15 is 0 Å². The Bertz CT molecular complexity index is 680. The molecule has 1 aliphatic heterocycles. The molecule has 0 N–H and O–H groups in total. The minimum atomic E-state index is -4.52. The van der Waals surface area contributed by atoms with E-state index in [0.29, 0.717) is 17.5 Å². The molecule has 0 spiro atoms. The molecule has 0 aliphatic carbocycles. The lowest BCUT2D eigenvalue weighted by molar-refractivity contribution is -0.137. The molecule has 8 heteroatoms. The van der Waals surface area contributed by atoms with Crippen molar-refractivity contribution < 1.29 is 17.9 Å². The molecule has 1 aliphatic rings. The summed E-state index contributed by atoms with van der Waals surface area (Å²) in [4.78, 5) is 0. The fourth-order valence-electron chi connectivity index (χ4n) is 2.47. The molecule has 3 rings (SSSR count). The van der Waals surface area contributed by atoms with Gasteiger partial charge in [0, 0.05) is 16.5 Å². The van der Waals surface area contributed by atoms with E-state index in [2.05, 4.69) is 21.0 Å². The van der Waals surface area contributed by atoms with Gasteiger partial charge in [-0.05, 0) is 41.3 Å². The zero-order valence-electron chi connectivity index (χ0n) is 10.8. The Hall–Kier alpha value is -0.790. The van der Waals surface area contributed by atoms with Crippen LogP contribution in [-0.4, -0.2) is 16.4 Å². The summed E-state index contributed by atoms with van der Waals surface area (Å²) < 4.78 is 46.5. The summed E-state index contributed by atoms with van der Waals surface area (Å²) in [5, 5.41) is 4.38. The Morgan fingerprint density at radius 2 is 2.14 bits per heavy atom. The third-order valence-corrected chi connectivity index (χ3v) is 4.96. The van der Waals surface area contributed by atoms with E-state index in [1.165, 1.54) is 10.9 Å². The number of fused-ring (bicyclic) bond motifs is 1. The van der Waals surface area contributed by atoms with Gasteiger partial charge in [-0.3, -0.25) is 0 Å². The lowest BCUT2D eigenvalue weighted by Crippen LogP contribution is -2.19. The van der Waals surface area contributed by atoms with E-state index in [1.807, 2.05) is 0 Å². The smallest absolute Gasteiger partial charge is 0.356 e. The van der Waals surface area contributed by atoms with Gasteiger partial charge in [0.05, 0.1) is 22.3 Å². The number of nitrogens with zero attached hydrogens (tertiary/aromatic N) is 2. The molecule has 114 valence electrons. The first-order valence-electron chi connectivity index (χ1n) is 6.43. The van der Waals surface area contributed by atoms with Crippen molar-refractivity contribution in [1.82, 2.24) is 9.78 Å². The molecule has 0 radical (unpaired) electrons. The third-order valence-electron chi connectivity index (χ3n) is 3.51. The summed E-state index contributed by atoms with van der Waals surface area (Å²) in [6, 6.07) is 1.04. The molecule has 21 heavy (non-hydrogen) atoms. The number of benzene rings is 1. The predicted molar refractivity (Wildman–Crippen MR) is 76.3 cm³/mol. The fraction of sp³-hybridized carbons (Fsp3) is 0.462. The van der Waals surface area contributed by atoms with Crippen LogP contribution in [-0.2, 0) is 10.9 Å². The molecule has 2 aromatic rings. The van der Waals surface area contributed by atoms with E-state index in [-0.39, 0.29) is 15.7 Å². The van der Waals surface area contributed by atoms with Crippen LogP contribution in [0.1, 0.15) is 31.1 Å². The molecule has 3 nitrogen and oxygen atoms in total. The summed E-state index contributed by atoms with van der Waals surface area (Å²) in [6.07, 6.45) is -0.685. The van der Waals surface area contributed by atoms with Gasteiger partial charge in [0.15, 0.2) is 6.23 Å². The number of aromatic nitrogens is 2. The maximum Gasteiger partial charge on any atom is 0.417 e. The van der Waals surface area contributed by atoms with E-state index in [4.69, 9.17) is 16.3 Å². The van der Waals surface area contributed by atoms with Crippen molar-refractivity contribution >= 4 is 38.4 Å². The molecule has 1 fully saturated rings. The Balaban J connectivity index is 2.18. The van der Waals surface area contributed by atoms with Gasteiger partial charge in [-0.25, -0.2) is 4.68 Å². The molecule has 1 saturated heterocycles. The Morgan fingerprint density at radius 1 is 1.38 bits per heavy atom. The number of hydrogen-bond acceptors (Lipinski definition) is 2. The average Bonchev–Trinajstić information content (AvgIpc) is 2.86. The highest BCUT2D eigenvalue weighted by atomic mass is 79.9. The molecular formula is C13H11BrClF3N2O. The van der Waals surface area contributed by atoms with Gasteiger partial charge in [0.1, 0.15) is 0 Å². The molecule has 0 saturated carbocycles. The SMILES string of the molecule is FC(F)(F)c1cc2c(cnn2C2CCCCO2)c(Br)c1Cl. The lowest BCUT2D eigenvalue weighted by atomic mass is 10.1. The minimum absolute atomic E-state index is 0.205. The Kier molecular flexibility index (Phi) is 3.92. The number of halogens is 5. The summed E-state index contributed by atoms with van der Waals surface area (Å²) in [5.41, 5.74) is -0.508. The van der Waals surface area contributed by atoms with E-state index in [0.717, 1.165) is 25.3 Å². The summed E-state index contributed by atoms with van der Waals surface area (Å²) in [6.45, 7) is 0.590. The number of alkyl halides is 3. The highest BCUT2D eigenvalue weighted by Crippen LogP contribution is 2.42. The van der Waals surface area contributed by atoms with Crippen LogP contribution in [0.25, 0.3) is 10.9 Å². The van der Waals surface area contributed by atoms with Gasteiger partial charge in [0.25, 0.3) is 0 Å². The molecule has 0 amide bonds. The van der Waals surface area contributed by atoms with E-state index in [9.17, 15) is 13.2 Å². The normalized spacial score (nSPS) is 20.1. The molecule has 1 atom stereocenters. The van der Waals surface area contributed by atoms with Gasteiger partial charge in [-0.1, -0.05) is 11.6 Å². The van der Waals surface area contributed by atoms with Crippen LogP contribution in [0.3, 0.4) is 0 Å². The minimum Gasteiger partial charge on any atom is -0.356 e. The van der Waals surface area contributed by atoms with E-state index in [1.54, 1.807) is 0 Å². The molecule has 2 heterocycles. The summed E-state index contributed by atoms with van der Waals surface area (Å²) in [7, 11) is 0. The molecule has 1 aromatic heterocycles. The van der Waals surface area contributed by atoms with Gasteiger partial charge >= 0.3 is 6.18 Å². The van der Waals surface area contributed by atoms with Gasteiger partial charge in [-0.2, -0.15) is 18.3 Å². The highest BCUT2D eigenvalue weighted by Gasteiger charge is 2.35. The van der Waals surface area contributed by atoms with Crippen LogP contribution in [0.4, 0.5) is 13.2 Å². The number of rotatable bonds is 1. The third kappa shape index (κ3) is 2.66. The lowest BCUT2D eigenvalue weighted by Gasteiger charge is -2.23. The van der Waals surface area contributed by atoms with Gasteiger partial charge in [-0.15, -0.1) is 0 Å². The fourth-order valence-corrected chi connectivity index (χ4v) is 3.26. The second-order valence-corrected chi connectivity index (χ2v) is 6.06. The van der Waals surface area contributed by atoms with Crippen molar-refractivity contribution in [3.63, 3.8) is 0 Å². The Labute approximate surface area is 132 Å². The largest absolute Gasteiger partial charge is 0.417 e. The van der Waals surface area contributed by atoms with Crippen LogP contribution in [0.5, 0.6) is 0 Å². The van der Waals surface area contributed by atoms with Crippen molar-refractivity contribution in [2.45, 2.75) is 31.7 Å². The zero-order chi connectivity index (χ0) is 15.2. The Morgan fingerprint density at radius 3 is 2.76 bits per heavy atom. The van der Waals surface area contributed by atoms with Crippen molar-refractivity contribution in [2.75, 3.05) is 6.61 Å². The second kappa shape index (κ2) is 5.44. The average molecular weight is 384 g/mol. The van der Waals surface area contributed by atoms with Crippen molar-refractivity contribution in [1.29, 1.82) is 0 Å².